The van der Waals surface area contributed by atoms with Gasteiger partial charge in [-0.1, -0.05) is 0 Å². The first-order valence-electron chi connectivity index (χ1n) is 2.87. The lowest BCUT2D eigenvalue weighted by molar-refractivity contribution is -0.130. The van der Waals surface area contributed by atoms with Crippen molar-refractivity contribution in [3.05, 3.63) is 16.6 Å². The average Bonchev–Trinajstić information content (AvgIpc) is 2.31. The summed E-state index contributed by atoms with van der Waals surface area (Å²) in [6, 6.07) is 1.75. The minimum Gasteiger partial charge on any atom is -0.472 e. The SMILES string of the molecule is Cc1cc(C#CC(=O)O)sn1. The first kappa shape index (κ1) is 7.76. The molecule has 0 saturated heterocycles. The summed E-state index contributed by atoms with van der Waals surface area (Å²) in [6.07, 6.45) is 0. The van der Waals surface area contributed by atoms with Crippen LogP contribution in [0.4, 0.5) is 0 Å². The van der Waals surface area contributed by atoms with Crippen molar-refractivity contribution >= 4 is 17.5 Å². The van der Waals surface area contributed by atoms with Gasteiger partial charge in [0.25, 0.3) is 0 Å². The molecule has 0 spiro atoms. The van der Waals surface area contributed by atoms with Gasteiger partial charge in [0.1, 0.15) is 0 Å². The summed E-state index contributed by atoms with van der Waals surface area (Å²) >= 11 is 1.20. The largest absolute Gasteiger partial charge is 0.472 e. The van der Waals surface area contributed by atoms with Crippen molar-refractivity contribution in [1.29, 1.82) is 0 Å². The number of carboxylic acids is 1. The van der Waals surface area contributed by atoms with Gasteiger partial charge < -0.3 is 5.11 Å². The fourth-order valence-corrected chi connectivity index (χ4v) is 1.15. The monoisotopic (exact) mass is 167 g/mol. The summed E-state index contributed by atoms with van der Waals surface area (Å²) in [7, 11) is 0. The maximum absolute atomic E-state index is 9.99. The third kappa shape index (κ3) is 2.40. The summed E-state index contributed by atoms with van der Waals surface area (Å²) in [5.41, 5.74) is 0.865. The smallest absolute Gasteiger partial charge is 0.382 e. The molecule has 0 aliphatic heterocycles. The number of carboxylic acid groups (broad SMARTS) is 1. The van der Waals surface area contributed by atoms with Gasteiger partial charge in [-0.3, -0.25) is 0 Å². The second-order valence-electron chi connectivity index (χ2n) is 1.89. The standard InChI is InChI=1S/C7H5NO2S/c1-5-4-6(11-8-5)2-3-7(9)10/h4H,1H3,(H,9,10). The second kappa shape index (κ2) is 3.17. The Morgan fingerprint density at radius 1 is 1.82 bits per heavy atom. The zero-order valence-electron chi connectivity index (χ0n) is 5.79. The summed E-state index contributed by atoms with van der Waals surface area (Å²) < 4.78 is 3.94. The summed E-state index contributed by atoms with van der Waals surface area (Å²) in [6.45, 7) is 1.84. The molecule has 1 heterocycles. The minimum atomic E-state index is -1.11. The Kier molecular flexibility index (Phi) is 2.24. The van der Waals surface area contributed by atoms with Gasteiger partial charge in [-0.25, -0.2) is 4.79 Å². The predicted molar refractivity (Wildman–Crippen MR) is 41.4 cm³/mol. The molecule has 4 heteroatoms. The highest BCUT2D eigenvalue weighted by Crippen LogP contribution is 2.06. The topological polar surface area (TPSA) is 50.2 Å². The summed E-state index contributed by atoms with van der Waals surface area (Å²) in [4.78, 5) is 10.7. The number of aliphatic carboxylic acids is 1. The van der Waals surface area contributed by atoms with Crippen LogP contribution < -0.4 is 0 Å². The van der Waals surface area contributed by atoms with Crippen LogP contribution in [-0.4, -0.2) is 15.4 Å². The van der Waals surface area contributed by atoms with E-state index in [0.29, 0.717) is 4.88 Å². The van der Waals surface area contributed by atoms with E-state index in [4.69, 9.17) is 5.11 Å². The molecule has 11 heavy (non-hydrogen) atoms. The fourth-order valence-electron chi connectivity index (χ4n) is 0.538. The molecule has 0 unspecified atom stereocenters. The van der Waals surface area contributed by atoms with Gasteiger partial charge in [-0.05, 0) is 30.4 Å². The summed E-state index contributed by atoms with van der Waals surface area (Å²) in [5, 5.41) is 8.19. The van der Waals surface area contributed by atoms with Crippen LogP contribution in [0, 0.1) is 18.8 Å². The van der Waals surface area contributed by atoms with Crippen LogP contribution in [0.25, 0.3) is 0 Å². The predicted octanol–water partition coefficient (Wildman–Crippen LogP) is 0.888. The second-order valence-corrected chi connectivity index (χ2v) is 2.69. The molecule has 0 bridgehead atoms. The number of hydrogen-bond donors (Lipinski definition) is 1. The molecule has 0 amide bonds. The molecule has 0 aliphatic carbocycles. The molecule has 0 saturated carbocycles. The van der Waals surface area contributed by atoms with E-state index >= 15 is 0 Å². The molecule has 0 atom stereocenters. The highest BCUT2D eigenvalue weighted by Gasteiger charge is 1.92. The molecule has 0 aromatic carbocycles. The normalized spacial score (nSPS) is 8.45. The lowest BCUT2D eigenvalue weighted by Crippen LogP contribution is -1.85. The molecule has 0 aliphatic rings. The van der Waals surface area contributed by atoms with Crippen LogP contribution in [-0.2, 0) is 4.79 Å². The zero-order valence-corrected chi connectivity index (χ0v) is 6.60. The van der Waals surface area contributed by atoms with Gasteiger partial charge in [0.2, 0.25) is 0 Å². The van der Waals surface area contributed by atoms with Crippen molar-refractivity contribution in [2.45, 2.75) is 6.92 Å². The van der Waals surface area contributed by atoms with Crippen molar-refractivity contribution in [2.24, 2.45) is 0 Å². The molecule has 1 aromatic rings. The van der Waals surface area contributed by atoms with Crippen molar-refractivity contribution in [2.75, 3.05) is 0 Å². The van der Waals surface area contributed by atoms with Gasteiger partial charge in [-0.2, -0.15) is 4.37 Å². The van der Waals surface area contributed by atoms with E-state index < -0.39 is 5.97 Å². The van der Waals surface area contributed by atoms with Crippen LogP contribution in [0.2, 0.25) is 0 Å². The first-order valence-corrected chi connectivity index (χ1v) is 3.64. The van der Waals surface area contributed by atoms with Gasteiger partial charge in [0.05, 0.1) is 10.6 Å². The third-order valence-electron chi connectivity index (χ3n) is 0.921. The Morgan fingerprint density at radius 3 is 3.00 bits per heavy atom. The molecule has 1 N–H and O–H groups in total. The molecule has 1 aromatic heterocycles. The Hall–Kier alpha value is -1.34. The van der Waals surface area contributed by atoms with Crippen LogP contribution in [0.5, 0.6) is 0 Å². The Balaban J connectivity index is 2.82. The average molecular weight is 167 g/mol. The molecule has 3 nitrogen and oxygen atoms in total. The maximum Gasteiger partial charge on any atom is 0.382 e. The van der Waals surface area contributed by atoms with Crippen molar-refractivity contribution in [3.63, 3.8) is 0 Å². The lowest BCUT2D eigenvalue weighted by atomic mass is 10.4. The van der Waals surface area contributed by atoms with Crippen molar-refractivity contribution in [3.8, 4) is 11.8 Å². The number of carbonyl (C=O) groups is 1. The number of hydrogen-bond acceptors (Lipinski definition) is 3. The van der Waals surface area contributed by atoms with E-state index in [-0.39, 0.29) is 0 Å². The minimum absolute atomic E-state index is 0.685. The van der Waals surface area contributed by atoms with Gasteiger partial charge >= 0.3 is 5.97 Å². The molecule has 56 valence electrons. The molecule has 0 fully saturated rings. The summed E-state index contributed by atoms with van der Waals surface area (Å²) in [5.74, 6) is 3.37. The molecule has 1 rings (SSSR count). The maximum atomic E-state index is 9.99. The van der Waals surface area contributed by atoms with Crippen molar-refractivity contribution in [1.82, 2.24) is 4.37 Å². The van der Waals surface area contributed by atoms with Crippen molar-refractivity contribution < 1.29 is 9.90 Å². The first-order chi connectivity index (χ1) is 5.18. The number of aryl methyl sites for hydroxylation is 1. The zero-order chi connectivity index (χ0) is 8.27. The van der Waals surface area contributed by atoms with E-state index in [1.165, 1.54) is 11.5 Å². The van der Waals surface area contributed by atoms with Crippen LogP contribution in [0.15, 0.2) is 6.07 Å². The molecular formula is C7H5NO2S. The van der Waals surface area contributed by atoms with E-state index in [9.17, 15) is 4.79 Å². The van der Waals surface area contributed by atoms with Gasteiger partial charge in [0, 0.05) is 5.92 Å². The quantitative estimate of drug-likeness (QED) is 0.584. The highest BCUT2D eigenvalue weighted by atomic mass is 32.1. The third-order valence-corrected chi connectivity index (χ3v) is 1.72. The molecule has 0 radical (unpaired) electrons. The van der Waals surface area contributed by atoms with Crippen LogP contribution in [0.3, 0.4) is 0 Å². The van der Waals surface area contributed by atoms with Crippen LogP contribution in [0.1, 0.15) is 10.6 Å². The van der Waals surface area contributed by atoms with Crippen LogP contribution >= 0.6 is 11.5 Å². The van der Waals surface area contributed by atoms with Gasteiger partial charge in [0.15, 0.2) is 0 Å². The molecular weight excluding hydrogens is 162 g/mol. The number of nitrogens with zero attached hydrogens (tertiary/aromatic N) is 1. The Bertz CT molecular complexity index is 332. The number of aromatic nitrogens is 1. The Labute approximate surface area is 67.8 Å². The Morgan fingerprint density at radius 2 is 2.55 bits per heavy atom. The van der Waals surface area contributed by atoms with E-state index in [2.05, 4.69) is 10.3 Å². The lowest BCUT2D eigenvalue weighted by Gasteiger charge is -1.72. The van der Waals surface area contributed by atoms with Gasteiger partial charge in [-0.15, -0.1) is 0 Å². The fraction of sp³-hybridized carbons (Fsp3) is 0.143. The van der Waals surface area contributed by atoms with E-state index in [0.717, 1.165) is 5.69 Å². The van der Waals surface area contributed by atoms with E-state index in [1.807, 2.05) is 12.8 Å². The van der Waals surface area contributed by atoms with E-state index in [1.54, 1.807) is 6.07 Å². The number of rotatable bonds is 0. The highest BCUT2D eigenvalue weighted by molar-refractivity contribution is 7.06.